The summed E-state index contributed by atoms with van der Waals surface area (Å²) in [7, 11) is 0. The smallest absolute Gasteiger partial charge is 0.406 e. The van der Waals surface area contributed by atoms with Crippen molar-refractivity contribution in [3.05, 3.63) is 29.8 Å². The van der Waals surface area contributed by atoms with E-state index >= 15 is 0 Å². The van der Waals surface area contributed by atoms with Crippen LogP contribution in [0, 0.1) is 0 Å². The van der Waals surface area contributed by atoms with E-state index in [2.05, 4.69) is 10.2 Å². The number of benzene rings is 1. The molecule has 0 heterocycles. The maximum absolute atomic E-state index is 11.9. The van der Waals surface area contributed by atoms with Crippen LogP contribution in [0.4, 0.5) is 13.2 Å². The predicted molar refractivity (Wildman–Crippen MR) is 56.3 cm³/mol. The van der Waals surface area contributed by atoms with Crippen LogP contribution in [0.25, 0.3) is 0 Å². The van der Waals surface area contributed by atoms with Gasteiger partial charge in [-0.1, -0.05) is 12.1 Å². The van der Waals surface area contributed by atoms with E-state index in [1.807, 2.05) is 13.8 Å². The van der Waals surface area contributed by atoms with E-state index in [0.29, 0.717) is 6.61 Å². The topological polar surface area (TPSA) is 30.5 Å². The summed E-state index contributed by atoms with van der Waals surface area (Å²) < 4.78 is 39.5. The van der Waals surface area contributed by atoms with Crippen LogP contribution in [0.5, 0.6) is 5.75 Å². The molecule has 0 aliphatic carbocycles. The molecule has 0 radical (unpaired) electrons. The van der Waals surface area contributed by atoms with Gasteiger partial charge in [0.2, 0.25) is 0 Å². The van der Waals surface area contributed by atoms with E-state index < -0.39 is 6.36 Å². The molecular weight excluding hydrogens is 235 g/mol. The molecule has 0 aliphatic rings. The summed E-state index contributed by atoms with van der Waals surface area (Å²) in [6, 6.07) is 5.55. The van der Waals surface area contributed by atoms with Crippen LogP contribution in [0.3, 0.4) is 0 Å². The minimum absolute atomic E-state index is 0.102. The number of rotatable bonds is 5. The highest BCUT2D eigenvalue weighted by Gasteiger charge is 2.30. The summed E-state index contributed by atoms with van der Waals surface area (Å²) >= 11 is 0. The molecule has 3 nitrogen and oxygen atoms in total. The Morgan fingerprint density at radius 2 is 1.82 bits per heavy atom. The molecule has 1 rings (SSSR count). The molecular formula is C11H14F3NO2. The molecule has 0 fully saturated rings. The average Bonchev–Trinajstić information content (AvgIpc) is 2.24. The van der Waals surface area contributed by atoms with Crippen molar-refractivity contribution in [2.45, 2.75) is 26.3 Å². The molecule has 1 N–H and O–H groups in total. The summed E-state index contributed by atoms with van der Waals surface area (Å²) in [5.41, 5.74) is 3.57. The molecule has 0 saturated heterocycles. The van der Waals surface area contributed by atoms with Gasteiger partial charge in [0, 0.05) is 0 Å². The normalized spacial score (nSPS) is 13.5. The Bertz CT molecular complexity index is 338. The summed E-state index contributed by atoms with van der Waals surface area (Å²) in [5, 5.41) is 0. The Morgan fingerprint density at radius 1 is 1.24 bits per heavy atom. The zero-order valence-electron chi connectivity index (χ0n) is 9.54. The number of ether oxygens (including phenoxy) is 1. The molecule has 1 aromatic rings. The first kappa shape index (κ1) is 13.8. The van der Waals surface area contributed by atoms with Crippen LogP contribution < -0.4 is 10.2 Å². The number of hydroxylamine groups is 1. The number of nitrogens with one attached hydrogen (secondary N) is 1. The fourth-order valence-electron chi connectivity index (χ4n) is 1.23. The third-order valence-electron chi connectivity index (χ3n) is 2.02. The van der Waals surface area contributed by atoms with Crippen LogP contribution >= 0.6 is 0 Å². The van der Waals surface area contributed by atoms with Gasteiger partial charge in [-0.15, -0.1) is 13.2 Å². The third-order valence-corrected chi connectivity index (χ3v) is 2.02. The van der Waals surface area contributed by atoms with Gasteiger partial charge < -0.3 is 9.57 Å². The standard InChI is InChI=1S/C11H14F3NO2/c1-3-16-15-8(2)9-4-6-10(7-5-9)17-11(12,13)14/h4-8,15H,3H2,1-2H3. The van der Waals surface area contributed by atoms with Crippen molar-refractivity contribution in [3.8, 4) is 5.75 Å². The van der Waals surface area contributed by atoms with Gasteiger partial charge in [-0.2, -0.15) is 5.48 Å². The largest absolute Gasteiger partial charge is 0.573 e. The summed E-state index contributed by atoms with van der Waals surface area (Å²) in [5.74, 6) is -0.232. The second kappa shape index (κ2) is 5.88. The van der Waals surface area contributed by atoms with E-state index in [4.69, 9.17) is 4.84 Å². The van der Waals surface area contributed by atoms with Crippen LogP contribution in [0.2, 0.25) is 0 Å². The van der Waals surface area contributed by atoms with E-state index in [-0.39, 0.29) is 11.8 Å². The van der Waals surface area contributed by atoms with Gasteiger partial charge >= 0.3 is 6.36 Å². The molecule has 1 unspecified atom stereocenters. The van der Waals surface area contributed by atoms with Gasteiger partial charge in [0.1, 0.15) is 5.75 Å². The van der Waals surface area contributed by atoms with Gasteiger partial charge in [0.25, 0.3) is 0 Å². The number of alkyl halides is 3. The molecule has 6 heteroatoms. The number of hydrogen-bond donors (Lipinski definition) is 1. The van der Waals surface area contributed by atoms with Crippen LogP contribution in [0.1, 0.15) is 25.5 Å². The summed E-state index contributed by atoms with van der Waals surface area (Å²) in [4.78, 5) is 5.00. The monoisotopic (exact) mass is 249 g/mol. The second-order valence-corrected chi connectivity index (χ2v) is 3.39. The van der Waals surface area contributed by atoms with Gasteiger partial charge in [0.05, 0.1) is 12.6 Å². The lowest BCUT2D eigenvalue weighted by atomic mass is 10.1. The lowest BCUT2D eigenvalue weighted by Gasteiger charge is -2.14. The van der Waals surface area contributed by atoms with Gasteiger partial charge in [-0.05, 0) is 31.5 Å². The highest BCUT2D eigenvalue weighted by molar-refractivity contribution is 5.28. The molecule has 96 valence electrons. The molecule has 0 saturated carbocycles. The first-order chi connectivity index (χ1) is 7.92. The quantitative estimate of drug-likeness (QED) is 0.813. The van der Waals surface area contributed by atoms with Gasteiger partial charge in [0.15, 0.2) is 0 Å². The van der Waals surface area contributed by atoms with Crippen molar-refractivity contribution in [3.63, 3.8) is 0 Å². The molecule has 0 aromatic heterocycles. The average molecular weight is 249 g/mol. The Balaban J connectivity index is 2.61. The fourth-order valence-corrected chi connectivity index (χ4v) is 1.23. The lowest BCUT2D eigenvalue weighted by molar-refractivity contribution is -0.274. The molecule has 0 amide bonds. The second-order valence-electron chi connectivity index (χ2n) is 3.39. The summed E-state index contributed by atoms with van der Waals surface area (Å²) in [6.45, 7) is 4.19. The molecule has 1 atom stereocenters. The van der Waals surface area contributed by atoms with Gasteiger partial charge in [-0.25, -0.2) is 0 Å². The summed E-state index contributed by atoms with van der Waals surface area (Å²) in [6.07, 6.45) is -4.66. The highest BCUT2D eigenvalue weighted by Crippen LogP contribution is 2.24. The lowest BCUT2D eigenvalue weighted by Crippen LogP contribution is -2.19. The maximum atomic E-state index is 11.9. The van der Waals surface area contributed by atoms with Crippen molar-refractivity contribution >= 4 is 0 Å². The third kappa shape index (κ3) is 5.06. The predicted octanol–water partition coefficient (Wildman–Crippen LogP) is 3.19. The molecule has 17 heavy (non-hydrogen) atoms. The van der Waals surface area contributed by atoms with Crippen LogP contribution in [0.15, 0.2) is 24.3 Å². The van der Waals surface area contributed by atoms with E-state index in [1.54, 1.807) is 12.1 Å². The Hall–Kier alpha value is -1.27. The number of halogens is 3. The first-order valence-electron chi connectivity index (χ1n) is 5.15. The zero-order chi connectivity index (χ0) is 12.9. The van der Waals surface area contributed by atoms with Crippen LogP contribution in [-0.2, 0) is 4.84 Å². The Labute approximate surface area is 97.5 Å². The zero-order valence-corrected chi connectivity index (χ0v) is 9.54. The number of hydrogen-bond acceptors (Lipinski definition) is 3. The Kier molecular flexibility index (Phi) is 4.77. The SMILES string of the molecule is CCONC(C)c1ccc(OC(F)(F)F)cc1. The van der Waals surface area contributed by atoms with Gasteiger partial charge in [-0.3, -0.25) is 0 Å². The van der Waals surface area contributed by atoms with E-state index in [0.717, 1.165) is 5.56 Å². The minimum Gasteiger partial charge on any atom is -0.406 e. The van der Waals surface area contributed by atoms with Crippen molar-refractivity contribution in [1.29, 1.82) is 0 Å². The molecule has 0 spiro atoms. The molecule has 1 aromatic carbocycles. The molecule has 0 aliphatic heterocycles. The fraction of sp³-hybridized carbons (Fsp3) is 0.455. The van der Waals surface area contributed by atoms with Crippen LogP contribution in [-0.4, -0.2) is 13.0 Å². The first-order valence-corrected chi connectivity index (χ1v) is 5.15. The van der Waals surface area contributed by atoms with Crippen molar-refractivity contribution in [1.82, 2.24) is 5.48 Å². The maximum Gasteiger partial charge on any atom is 0.573 e. The van der Waals surface area contributed by atoms with E-state index in [1.165, 1.54) is 12.1 Å². The molecule has 0 bridgehead atoms. The van der Waals surface area contributed by atoms with E-state index in [9.17, 15) is 13.2 Å². The Morgan fingerprint density at radius 3 is 2.29 bits per heavy atom. The van der Waals surface area contributed by atoms with Crippen molar-refractivity contribution < 1.29 is 22.7 Å². The minimum atomic E-state index is -4.66. The highest BCUT2D eigenvalue weighted by atomic mass is 19.4. The van der Waals surface area contributed by atoms with Crippen molar-refractivity contribution in [2.75, 3.05) is 6.61 Å². The van der Waals surface area contributed by atoms with Crippen molar-refractivity contribution in [2.24, 2.45) is 0 Å².